The molecule has 114 valence electrons. The molecule has 2 rings (SSSR count). The maximum Gasteiger partial charge on any atom is 0.416 e. The van der Waals surface area contributed by atoms with E-state index in [0.29, 0.717) is 16.7 Å². The van der Waals surface area contributed by atoms with Crippen LogP contribution in [0.5, 0.6) is 0 Å². The molecule has 1 N–H and O–H groups in total. The van der Waals surface area contributed by atoms with Gasteiger partial charge in [0, 0.05) is 28.6 Å². The van der Waals surface area contributed by atoms with Crippen molar-refractivity contribution in [3.05, 3.63) is 52.3 Å². The second kappa shape index (κ2) is 6.56. The molecule has 1 aromatic carbocycles. The van der Waals surface area contributed by atoms with Gasteiger partial charge in [0.25, 0.3) is 0 Å². The number of halogens is 4. The van der Waals surface area contributed by atoms with Gasteiger partial charge in [-0.15, -0.1) is 0 Å². The fourth-order valence-electron chi connectivity index (χ4n) is 2.09. The molecule has 21 heavy (non-hydrogen) atoms. The van der Waals surface area contributed by atoms with Gasteiger partial charge in [0.05, 0.1) is 12.1 Å². The summed E-state index contributed by atoms with van der Waals surface area (Å²) in [5, 5.41) is 3.06. The Bertz CT molecular complexity index is 605. The molecule has 0 bridgehead atoms. The first-order chi connectivity index (χ1) is 9.91. The highest BCUT2D eigenvalue weighted by Crippen LogP contribution is 2.34. The quantitative estimate of drug-likeness (QED) is 0.766. The van der Waals surface area contributed by atoms with Crippen LogP contribution in [0.25, 0.3) is 0 Å². The summed E-state index contributed by atoms with van der Waals surface area (Å²) in [6.45, 7) is 3.46. The maximum absolute atomic E-state index is 12.7. The lowest BCUT2D eigenvalue weighted by Gasteiger charge is -2.14. The number of benzene rings is 1. The number of nitrogens with one attached hydrogen (secondary N) is 1. The van der Waals surface area contributed by atoms with Crippen LogP contribution < -0.4 is 5.32 Å². The fraction of sp³-hybridized carbons (Fsp3) is 0.333. The molecule has 2 aromatic rings. The summed E-state index contributed by atoms with van der Waals surface area (Å²) < 4.78 is 40.9. The fourth-order valence-corrected chi connectivity index (χ4v) is 2.48. The average molecular weight is 361 g/mol. The Morgan fingerprint density at radius 1 is 1.24 bits per heavy atom. The van der Waals surface area contributed by atoms with E-state index in [0.717, 1.165) is 30.8 Å². The van der Waals surface area contributed by atoms with Crippen LogP contribution in [-0.4, -0.2) is 4.57 Å². The van der Waals surface area contributed by atoms with Crippen molar-refractivity contribution in [1.29, 1.82) is 0 Å². The van der Waals surface area contributed by atoms with Gasteiger partial charge in [0.15, 0.2) is 0 Å². The summed E-state index contributed by atoms with van der Waals surface area (Å²) in [7, 11) is 0. The van der Waals surface area contributed by atoms with Crippen LogP contribution in [0, 0.1) is 0 Å². The van der Waals surface area contributed by atoms with E-state index in [4.69, 9.17) is 0 Å². The molecule has 0 unspecified atom stereocenters. The molecule has 6 heteroatoms. The molecule has 0 aliphatic carbocycles. The van der Waals surface area contributed by atoms with Gasteiger partial charge in [0.1, 0.15) is 0 Å². The normalized spacial score (nSPS) is 11.7. The number of aryl methyl sites for hydroxylation is 1. The Kier molecular flexibility index (Phi) is 4.98. The number of alkyl halides is 3. The first kappa shape index (κ1) is 15.9. The van der Waals surface area contributed by atoms with Crippen molar-refractivity contribution in [3.8, 4) is 0 Å². The number of hydrogen-bond donors (Lipinski definition) is 1. The third-order valence-electron chi connectivity index (χ3n) is 3.14. The van der Waals surface area contributed by atoms with Crippen LogP contribution in [0.3, 0.4) is 0 Å². The first-order valence-electron chi connectivity index (χ1n) is 6.66. The van der Waals surface area contributed by atoms with Crippen molar-refractivity contribution in [2.45, 2.75) is 32.6 Å². The monoisotopic (exact) mass is 360 g/mol. The maximum atomic E-state index is 12.7. The van der Waals surface area contributed by atoms with Crippen LogP contribution in [0.1, 0.15) is 24.6 Å². The van der Waals surface area contributed by atoms with Crippen LogP contribution in [0.15, 0.2) is 41.0 Å². The topological polar surface area (TPSA) is 17.0 Å². The number of anilines is 1. The Morgan fingerprint density at radius 2 is 2.00 bits per heavy atom. The summed E-state index contributed by atoms with van der Waals surface area (Å²) in [4.78, 5) is 0. The van der Waals surface area contributed by atoms with E-state index in [1.54, 1.807) is 0 Å². The van der Waals surface area contributed by atoms with E-state index in [2.05, 4.69) is 32.7 Å². The van der Waals surface area contributed by atoms with Crippen molar-refractivity contribution in [3.63, 3.8) is 0 Å². The van der Waals surface area contributed by atoms with Crippen LogP contribution in [0.2, 0.25) is 0 Å². The van der Waals surface area contributed by atoms with E-state index < -0.39 is 11.7 Å². The summed E-state index contributed by atoms with van der Waals surface area (Å²) in [6.07, 6.45) is -1.35. The van der Waals surface area contributed by atoms with Gasteiger partial charge in [-0.2, -0.15) is 13.2 Å². The predicted octanol–water partition coefficient (Wildman–Crippen LogP) is 5.29. The summed E-state index contributed by atoms with van der Waals surface area (Å²) in [5.74, 6) is 0. The molecule has 0 aliphatic heterocycles. The smallest absolute Gasteiger partial charge is 0.379 e. The largest absolute Gasteiger partial charge is 0.416 e. The van der Waals surface area contributed by atoms with Crippen molar-refractivity contribution in [1.82, 2.24) is 4.57 Å². The number of hydrogen-bond acceptors (Lipinski definition) is 1. The minimum absolute atomic E-state index is 0.439. The van der Waals surface area contributed by atoms with E-state index in [9.17, 15) is 13.2 Å². The summed E-state index contributed by atoms with van der Waals surface area (Å²) in [6, 6.07) is 7.50. The van der Waals surface area contributed by atoms with Gasteiger partial charge in [-0.25, -0.2) is 0 Å². The van der Waals surface area contributed by atoms with Gasteiger partial charge >= 0.3 is 6.18 Å². The highest BCUT2D eigenvalue weighted by Gasteiger charge is 2.30. The second-order valence-corrected chi connectivity index (χ2v) is 5.59. The van der Waals surface area contributed by atoms with Crippen LogP contribution in [-0.2, 0) is 19.3 Å². The molecular formula is C15H16BrF3N2. The van der Waals surface area contributed by atoms with Gasteiger partial charge in [0.2, 0.25) is 0 Å². The first-order valence-corrected chi connectivity index (χ1v) is 7.45. The molecule has 0 aliphatic rings. The highest BCUT2D eigenvalue weighted by molar-refractivity contribution is 9.10. The lowest BCUT2D eigenvalue weighted by atomic mass is 10.2. The summed E-state index contributed by atoms with van der Waals surface area (Å²) in [5.41, 5.74) is 0.826. The third-order valence-corrected chi connectivity index (χ3v) is 3.83. The van der Waals surface area contributed by atoms with E-state index >= 15 is 0 Å². The molecule has 0 saturated heterocycles. The minimum Gasteiger partial charge on any atom is -0.379 e. The van der Waals surface area contributed by atoms with Gasteiger partial charge < -0.3 is 9.88 Å². The molecular weight excluding hydrogens is 345 g/mol. The van der Waals surface area contributed by atoms with Crippen molar-refractivity contribution >= 4 is 21.6 Å². The zero-order valence-corrected chi connectivity index (χ0v) is 13.1. The molecule has 0 radical (unpaired) electrons. The third kappa shape index (κ3) is 4.03. The van der Waals surface area contributed by atoms with Gasteiger partial charge in [-0.3, -0.25) is 0 Å². The predicted molar refractivity (Wildman–Crippen MR) is 81.2 cm³/mol. The Balaban J connectivity index is 2.14. The van der Waals surface area contributed by atoms with Crippen molar-refractivity contribution in [2.75, 3.05) is 5.32 Å². The van der Waals surface area contributed by atoms with Crippen molar-refractivity contribution < 1.29 is 13.2 Å². The standard InChI is InChI=1S/C15H16BrF3N2/c1-2-7-21-8-3-4-12(21)10-20-14-9-11(15(17,18)19)5-6-13(14)16/h3-6,8-9,20H,2,7,10H2,1H3. The van der Waals surface area contributed by atoms with E-state index in [1.807, 2.05) is 18.3 Å². The van der Waals surface area contributed by atoms with Crippen LogP contribution in [0.4, 0.5) is 18.9 Å². The van der Waals surface area contributed by atoms with Crippen LogP contribution >= 0.6 is 15.9 Å². The molecule has 1 aromatic heterocycles. The number of aromatic nitrogens is 1. The van der Waals surface area contributed by atoms with Gasteiger partial charge in [-0.1, -0.05) is 6.92 Å². The highest BCUT2D eigenvalue weighted by atomic mass is 79.9. The summed E-state index contributed by atoms with van der Waals surface area (Å²) >= 11 is 3.27. The van der Waals surface area contributed by atoms with E-state index in [-0.39, 0.29) is 0 Å². The number of nitrogens with zero attached hydrogens (tertiary/aromatic N) is 1. The lowest BCUT2D eigenvalue weighted by molar-refractivity contribution is -0.137. The molecule has 0 saturated carbocycles. The average Bonchev–Trinajstić information content (AvgIpc) is 2.84. The zero-order chi connectivity index (χ0) is 15.5. The molecule has 1 heterocycles. The molecule has 0 amide bonds. The lowest BCUT2D eigenvalue weighted by Crippen LogP contribution is -2.09. The second-order valence-electron chi connectivity index (χ2n) is 4.74. The molecule has 2 nitrogen and oxygen atoms in total. The Morgan fingerprint density at radius 3 is 2.67 bits per heavy atom. The Labute approximate surface area is 130 Å². The molecule has 0 spiro atoms. The van der Waals surface area contributed by atoms with Crippen molar-refractivity contribution in [2.24, 2.45) is 0 Å². The van der Waals surface area contributed by atoms with Gasteiger partial charge in [-0.05, 0) is 52.7 Å². The number of rotatable bonds is 5. The Hall–Kier alpha value is -1.43. The zero-order valence-electron chi connectivity index (χ0n) is 11.5. The molecule has 0 fully saturated rings. The van der Waals surface area contributed by atoms with E-state index in [1.165, 1.54) is 6.07 Å². The molecule has 0 atom stereocenters. The minimum atomic E-state index is -4.33. The SMILES string of the molecule is CCCn1cccc1CNc1cc(C(F)(F)F)ccc1Br.